The average Bonchev–Trinajstić information content (AvgIpc) is 2.67. The first-order valence-electron chi connectivity index (χ1n) is 7.96. The zero-order valence-electron chi connectivity index (χ0n) is 13.9. The van der Waals surface area contributed by atoms with Crippen LogP contribution < -0.4 is 16.0 Å². The molecule has 0 spiro atoms. The van der Waals surface area contributed by atoms with Crippen LogP contribution in [0.1, 0.15) is 11.4 Å². The molecule has 1 unspecified atom stereocenters. The van der Waals surface area contributed by atoms with E-state index in [0.29, 0.717) is 19.7 Å². The molecule has 0 radical (unpaired) electrons. The fraction of sp³-hybridized carbons (Fsp3) is 0.400. The molecule has 1 aliphatic rings. The molecule has 0 bridgehead atoms. The van der Waals surface area contributed by atoms with E-state index >= 15 is 0 Å². The molecule has 12 heteroatoms. The number of hydrogen-bond donors (Lipinski definition) is 3. The Labute approximate surface area is 152 Å². The predicted molar refractivity (Wildman–Crippen MR) is 88.2 cm³/mol. The largest absolute Gasteiger partial charge is 0.437 e. The molecule has 1 atom stereocenters. The van der Waals surface area contributed by atoms with Crippen LogP contribution in [0.4, 0.5) is 30.5 Å². The predicted octanol–water partition coefficient (Wildman–Crippen LogP) is 1.30. The Morgan fingerprint density at radius 3 is 2.74 bits per heavy atom. The molecule has 9 nitrogen and oxygen atoms in total. The van der Waals surface area contributed by atoms with Crippen LogP contribution in [0, 0.1) is 11.3 Å². The molecule has 3 heterocycles. The van der Waals surface area contributed by atoms with Crippen molar-refractivity contribution in [2.24, 2.45) is 0 Å². The summed E-state index contributed by atoms with van der Waals surface area (Å²) in [7, 11) is 0. The van der Waals surface area contributed by atoms with Crippen molar-refractivity contribution in [3.63, 3.8) is 0 Å². The van der Waals surface area contributed by atoms with Crippen LogP contribution in [0.3, 0.4) is 0 Å². The van der Waals surface area contributed by atoms with E-state index in [4.69, 9.17) is 10.00 Å². The highest BCUT2D eigenvalue weighted by Crippen LogP contribution is 2.34. The molecule has 0 saturated carbocycles. The molecule has 3 N–H and O–H groups in total. The normalized spacial score (nSPS) is 17.2. The molecule has 0 aromatic carbocycles. The third kappa shape index (κ3) is 4.99. The Morgan fingerprint density at radius 2 is 2.11 bits per heavy atom. The second-order valence-corrected chi connectivity index (χ2v) is 5.59. The van der Waals surface area contributed by atoms with Gasteiger partial charge in [-0.05, 0) is 0 Å². The second-order valence-electron chi connectivity index (χ2n) is 5.59. The molecule has 1 saturated heterocycles. The van der Waals surface area contributed by atoms with Gasteiger partial charge in [0.2, 0.25) is 0 Å². The fourth-order valence-electron chi connectivity index (χ4n) is 2.35. The van der Waals surface area contributed by atoms with E-state index in [1.807, 2.05) is 6.07 Å². The molecule has 2 aromatic rings. The molecule has 142 valence electrons. The van der Waals surface area contributed by atoms with E-state index in [2.05, 4.69) is 36.1 Å². The number of anilines is 3. The van der Waals surface area contributed by atoms with Gasteiger partial charge in [0, 0.05) is 25.7 Å². The number of nitrogens with zero attached hydrogens (tertiary/aromatic N) is 5. The summed E-state index contributed by atoms with van der Waals surface area (Å²) in [6.45, 7) is 1.93. The Balaban J connectivity index is 1.77. The standard InChI is InChI=1S/C15H15F3N8O/c16-15(17,18)14-11(22-7-10-6-20-1-2-27-10)3-12(25-26-14)24-13-8-21-9(4-19)5-23-13/h3,5,8,10,20H,1-2,6-7H2,(H2,22,23,24,25). The molecular weight excluding hydrogens is 365 g/mol. The monoisotopic (exact) mass is 380 g/mol. The molecule has 2 aromatic heterocycles. The van der Waals surface area contributed by atoms with Crippen LogP contribution in [0.15, 0.2) is 18.5 Å². The van der Waals surface area contributed by atoms with Crippen LogP contribution in [0.5, 0.6) is 0 Å². The van der Waals surface area contributed by atoms with Crippen molar-refractivity contribution in [3.8, 4) is 6.07 Å². The van der Waals surface area contributed by atoms with Crippen molar-refractivity contribution in [2.75, 3.05) is 36.9 Å². The second kappa shape index (κ2) is 8.11. The molecule has 27 heavy (non-hydrogen) atoms. The molecule has 0 amide bonds. The number of rotatable bonds is 5. The van der Waals surface area contributed by atoms with E-state index in [9.17, 15) is 13.2 Å². The van der Waals surface area contributed by atoms with E-state index in [1.54, 1.807) is 0 Å². The smallest absolute Gasteiger partial charge is 0.380 e. The third-order valence-electron chi connectivity index (χ3n) is 3.61. The summed E-state index contributed by atoms with van der Waals surface area (Å²) in [5.41, 5.74) is -1.24. The Bertz CT molecular complexity index is 815. The number of nitrogens with one attached hydrogen (secondary N) is 3. The zero-order chi connectivity index (χ0) is 19.3. The molecule has 1 aliphatic heterocycles. The van der Waals surface area contributed by atoms with E-state index in [-0.39, 0.29) is 35.7 Å². The number of aromatic nitrogens is 4. The topological polar surface area (TPSA) is 121 Å². The van der Waals surface area contributed by atoms with Gasteiger partial charge in [0.1, 0.15) is 11.9 Å². The first kappa shape index (κ1) is 18.7. The van der Waals surface area contributed by atoms with E-state index < -0.39 is 11.9 Å². The lowest BCUT2D eigenvalue weighted by molar-refractivity contribution is -0.141. The SMILES string of the molecule is N#Cc1cnc(Nc2cc(NCC3CNCCO3)c(C(F)(F)F)nn2)cn1. The van der Waals surface area contributed by atoms with Gasteiger partial charge in [-0.2, -0.15) is 18.4 Å². The number of hydrogen-bond acceptors (Lipinski definition) is 9. The first-order chi connectivity index (χ1) is 13.0. The zero-order valence-corrected chi connectivity index (χ0v) is 13.9. The minimum Gasteiger partial charge on any atom is -0.380 e. The van der Waals surface area contributed by atoms with Crippen molar-refractivity contribution >= 4 is 17.3 Å². The lowest BCUT2D eigenvalue weighted by atomic mass is 10.2. The summed E-state index contributed by atoms with van der Waals surface area (Å²) < 4.78 is 45.1. The highest BCUT2D eigenvalue weighted by atomic mass is 19.4. The van der Waals surface area contributed by atoms with Gasteiger partial charge in [-0.3, -0.25) is 0 Å². The number of nitriles is 1. The van der Waals surface area contributed by atoms with Gasteiger partial charge in [0.15, 0.2) is 17.2 Å². The maximum absolute atomic E-state index is 13.2. The Kier molecular flexibility index (Phi) is 5.63. The minimum atomic E-state index is -4.66. The lowest BCUT2D eigenvalue weighted by Gasteiger charge is -2.24. The number of alkyl halides is 3. The van der Waals surface area contributed by atoms with Crippen LogP contribution in [-0.2, 0) is 10.9 Å². The van der Waals surface area contributed by atoms with E-state index in [1.165, 1.54) is 18.5 Å². The van der Waals surface area contributed by atoms with Gasteiger partial charge in [-0.25, -0.2) is 9.97 Å². The van der Waals surface area contributed by atoms with Crippen molar-refractivity contribution in [1.29, 1.82) is 5.26 Å². The average molecular weight is 380 g/mol. The first-order valence-corrected chi connectivity index (χ1v) is 7.96. The number of halogens is 3. The Hall–Kier alpha value is -3.04. The summed E-state index contributed by atoms with van der Waals surface area (Å²) >= 11 is 0. The highest BCUT2D eigenvalue weighted by molar-refractivity contribution is 5.60. The number of morpholine rings is 1. The fourth-order valence-corrected chi connectivity index (χ4v) is 2.35. The van der Waals surface area contributed by atoms with Gasteiger partial charge < -0.3 is 20.7 Å². The number of ether oxygens (including phenoxy) is 1. The molecular formula is C15H15F3N8O. The molecule has 0 aliphatic carbocycles. The van der Waals surface area contributed by atoms with Crippen LogP contribution in [-0.4, -0.2) is 52.5 Å². The maximum Gasteiger partial charge on any atom is 0.437 e. The van der Waals surface area contributed by atoms with Crippen molar-refractivity contribution in [3.05, 3.63) is 29.8 Å². The quantitative estimate of drug-likeness (QED) is 0.705. The molecule has 1 fully saturated rings. The summed E-state index contributed by atoms with van der Waals surface area (Å²) in [5.74, 6) is 0.265. The summed E-state index contributed by atoms with van der Waals surface area (Å²) in [5, 5.41) is 24.1. The highest BCUT2D eigenvalue weighted by Gasteiger charge is 2.36. The molecule has 3 rings (SSSR count). The lowest BCUT2D eigenvalue weighted by Crippen LogP contribution is -2.42. The van der Waals surface area contributed by atoms with Crippen LogP contribution in [0.2, 0.25) is 0 Å². The van der Waals surface area contributed by atoms with Gasteiger partial charge in [0.25, 0.3) is 0 Å². The van der Waals surface area contributed by atoms with Crippen molar-refractivity contribution in [1.82, 2.24) is 25.5 Å². The van der Waals surface area contributed by atoms with Crippen molar-refractivity contribution < 1.29 is 17.9 Å². The minimum absolute atomic E-state index is 0.0483. The summed E-state index contributed by atoms with van der Waals surface area (Å²) in [4.78, 5) is 7.75. The van der Waals surface area contributed by atoms with Crippen LogP contribution >= 0.6 is 0 Å². The van der Waals surface area contributed by atoms with Gasteiger partial charge in [0.05, 0.1) is 30.8 Å². The van der Waals surface area contributed by atoms with Gasteiger partial charge >= 0.3 is 6.18 Å². The van der Waals surface area contributed by atoms with Gasteiger partial charge in [-0.15, -0.1) is 10.2 Å². The van der Waals surface area contributed by atoms with Gasteiger partial charge in [-0.1, -0.05) is 0 Å². The summed E-state index contributed by atoms with van der Waals surface area (Å²) in [6, 6.07) is 3.00. The van der Waals surface area contributed by atoms with E-state index in [0.717, 1.165) is 0 Å². The third-order valence-corrected chi connectivity index (χ3v) is 3.61. The maximum atomic E-state index is 13.2. The van der Waals surface area contributed by atoms with Crippen LogP contribution in [0.25, 0.3) is 0 Å². The van der Waals surface area contributed by atoms with Crippen molar-refractivity contribution in [2.45, 2.75) is 12.3 Å². The summed E-state index contributed by atoms with van der Waals surface area (Å²) in [6.07, 6.45) is -2.42. The Morgan fingerprint density at radius 1 is 1.26 bits per heavy atom.